The molecule has 1 unspecified atom stereocenters. The van der Waals surface area contributed by atoms with Crippen LogP contribution in [-0.2, 0) is 0 Å². The van der Waals surface area contributed by atoms with Gasteiger partial charge in [-0.05, 0) is 26.3 Å². The molecular weight excluding hydrogens is 204 g/mol. The van der Waals surface area contributed by atoms with Crippen LogP contribution in [0.2, 0.25) is 0 Å². The van der Waals surface area contributed by atoms with Crippen molar-refractivity contribution in [1.29, 1.82) is 5.26 Å². The van der Waals surface area contributed by atoms with E-state index in [4.69, 9.17) is 5.26 Å². The first-order chi connectivity index (χ1) is 7.08. The van der Waals surface area contributed by atoms with Gasteiger partial charge in [-0.1, -0.05) is 13.8 Å². The molecule has 1 atom stereocenters. The Hall–Kier alpha value is -1.01. The zero-order valence-electron chi connectivity index (χ0n) is 9.66. The molecule has 0 aliphatic rings. The molecule has 1 rings (SSSR count). The van der Waals surface area contributed by atoms with Crippen molar-refractivity contribution in [3.8, 4) is 6.07 Å². The summed E-state index contributed by atoms with van der Waals surface area (Å²) in [5, 5.41) is 9.61. The number of pyridine rings is 1. The number of hydrogen-bond acceptors (Lipinski definition) is 3. The maximum atomic E-state index is 9.07. The number of aryl methyl sites for hydroxylation is 2. The van der Waals surface area contributed by atoms with Crippen molar-refractivity contribution in [2.24, 2.45) is 0 Å². The Morgan fingerprint density at radius 3 is 2.73 bits per heavy atom. The Balaban J connectivity index is 3.10. The third kappa shape index (κ3) is 2.97. The Bertz CT molecular complexity index is 393. The molecule has 15 heavy (non-hydrogen) atoms. The van der Waals surface area contributed by atoms with Gasteiger partial charge in [-0.15, -0.1) is 11.8 Å². The van der Waals surface area contributed by atoms with Gasteiger partial charge in [0, 0.05) is 15.8 Å². The topological polar surface area (TPSA) is 36.7 Å². The molecule has 0 spiro atoms. The summed E-state index contributed by atoms with van der Waals surface area (Å²) < 4.78 is 0. The van der Waals surface area contributed by atoms with Crippen LogP contribution < -0.4 is 0 Å². The van der Waals surface area contributed by atoms with Crippen molar-refractivity contribution >= 4 is 11.8 Å². The fourth-order valence-corrected chi connectivity index (χ4v) is 2.47. The molecule has 0 bridgehead atoms. The number of nitriles is 1. The lowest BCUT2D eigenvalue weighted by Crippen LogP contribution is -1.98. The van der Waals surface area contributed by atoms with E-state index in [1.54, 1.807) is 11.8 Å². The third-order valence-electron chi connectivity index (χ3n) is 2.31. The van der Waals surface area contributed by atoms with Gasteiger partial charge in [0.25, 0.3) is 0 Å². The number of rotatable bonds is 3. The van der Waals surface area contributed by atoms with Crippen LogP contribution >= 0.6 is 11.8 Å². The number of thioether (sulfide) groups is 1. The zero-order chi connectivity index (χ0) is 11.4. The van der Waals surface area contributed by atoms with Crippen LogP contribution in [0.3, 0.4) is 0 Å². The van der Waals surface area contributed by atoms with Gasteiger partial charge in [-0.2, -0.15) is 5.26 Å². The van der Waals surface area contributed by atoms with Crippen molar-refractivity contribution in [2.75, 3.05) is 0 Å². The lowest BCUT2D eigenvalue weighted by atomic mass is 10.2. The Morgan fingerprint density at radius 2 is 2.20 bits per heavy atom. The standard InChI is InChI=1S/C12H16N2S/c1-5-9(3)15-12-6-8(2)14-10(4)11(12)7-13/h6,9H,5H2,1-4H3. The van der Waals surface area contributed by atoms with Crippen molar-refractivity contribution in [3.05, 3.63) is 23.0 Å². The van der Waals surface area contributed by atoms with E-state index in [-0.39, 0.29) is 0 Å². The average Bonchev–Trinajstić information content (AvgIpc) is 2.17. The summed E-state index contributed by atoms with van der Waals surface area (Å²) >= 11 is 1.76. The van der Waals surface area contributed by atoms with Crippen molar-refractivity contribution in [1.82, 2.24) is 4.98 Å². The lowest BCUT2D eigenvalue weighted by molar-refractivity contribution is 0.904. The van der Waals surface area contributed by atoms with Gasteiger partial charge < -0.3 is 0 Å². The van der Waals surface area contributed by atoms with Crippen molar-refractivity contribution in [2.45, 2.75) is 44.3 Å². The largest absolute Gasteiger partial charge is 0.257 e. The SMILES string of the molecule is CCC(C)Sc1cc(C)nc(C)c1C#N. The van der Waals surface area contributed by atoms with Crippen LogP contribution in [0, 0.1) is 25.2 Å². The summed E-state index contributed by atoms with van der Waals surface area (Å²) in [7, 11) is 0. The van der Waals surface area contributed by atoms with Crippen molar-refractivity contribution in [3.63, 3.8) is 0 Å². The summed E-state index contributed by atoms with van der Waals surface area (Å²) in [5.41, 5.74) is 2.55. The second-order valence-electron chi connectivity index (χ2n) is 3.67. The maximum absolute atomic E-state index is 9.07. The first-order valence-electron chi connectivity index (χ1n) is 5.13. The summed E-state index contributed by atoms with van der Waals surface area (Å²) in [4.78, 5) is 5.37. The smallest absolute Gasteiger partial charge is 0.102 e. The molecule has 3 heteroatoms. The van der Waals surface area contributed by atoms with Crippen LogP contribution in [0.1, 0.15) is 37.2 Å². The van der Waals surface area contributed by atoms with Gasteiger partial charge in [-0.3, -0.25) is 4.98 Å². The highest BCUT2D eigenvalue weighted by atomic mass is 32.2. The highest BCUT2D eigenvalue weighted by Gasteiger charge is 2.10. The minimum Gasteiger partial charge on any atom is -0.257 e. The summed E-state index contributed by atoms with van der Waals surface area (Å²) in [5.74, 6) is 0. The van der Waals surface area contributed by atoms with Crippen LogP contribution in [0.25, 0.3) is 0 Å². The zero-order valence-corrected chi connectivity index (χ0v) is 10.5. The van der Waals surface area contributed by atoms with Crippen LogP contribution in [-0.4, -0.2) is 10.2 Å². The van der Waals surface area contributed by atoms with Crippen LogP contribution in [0.5, 0.6) is 0 Å². The molecule has 0 N–H and O–H groups in total. The lowest BCUT2D eigenvalue weighted by Gasteiger charge is -2.11. The number of aromatic nitrogens is 1. The second kappa shape index (κ2) is 5.18. The first kappa shape index (κ1) is 12.1. The summed E-state index contributed by atoms with van der Waals surface area (Å²) in [6, 6.07) is 4.24. The number of nitrogens with zero attached hydrogens (tertiary/aromatic N) is 2. The van der Waals surface area contributed by atoms with Gasteiger partial charge >= 0.3 is 0 Å². The molecule has 2 nitrogen and oxygen atoms in total. The normalized spacial score (nSPS) is 12.2. The predicted octanol–water partition coefficient (Wildman–Crippen LogP) is 3.46. The van der Waals surface area contributed by atoms with E-state index < -0.39 is 0 Å². The monoisotopic (exact) mass is 220 g/mol. The molecule has 1 aromatic rings. The average molecular weight is 220 g/mol. The molecular formula is C12H16N2S. The Kier molecular flexibility index (Phi) is 4.16. The molecule has 80 valence electrons. The third-order valence-corrected chi connectivity index (χ3v) is 3.62. The Morgan fingerprint density at radius 1 is 1.53 bits per heavy atom. The first-order valence-corrected chi connectivity index (χ1v) is 6.01. The van der Waals surface area contributed by atoms with Crippen LogP contribution in [0.15, 0.2) is 11.0 Å². The van der Waals surface area contributed by atoms with Gasteiger partial charge in [0.05, 0.1) is 11.3 Å². The highest BCUT2D eigenvalue weighted by molar-refractivity contribution is 8.00. The van der Waals surface area contributed by atoms with Gasteiger partial charge in [0.1, 0.15) is 6.07 Å². The molecule has 0 aliphatic carbocycles. The molecule has 0 amide bonds. The quantitative estimate of drug-likeness (QED) is 0.732. The van der Waals surface area contributed by atoms with Crippen molar-refractivity contribution < 1.29 is 0 Å². The molecule has 0 saturated heterocycles. The second-order valence-corrected chi connectivity index (χ2v) is 5.15. The molecule has 0 fully saturated rings. The molecule has 0 saturated carbocycles. The van der Waals surface area contributed by atoms with E-state index in [9.17, 15) is 0 Å². The maximum Gasteiger partial charge on any atom is 0.102 e. The molecule has 1 heterocycles. The van der Waals surface area contributed by atoms with E-state index in [0.29, 0.717) is 5.25 Å². The minimum atomic E-state index is 0.540. The molecule has 0 aliphatic heterocycles. The minimum absolute atomic E-state index is 0.540. The van der Waals surface area contributed by atoms with E-state index in [2.05, 4.69) is 24.9 Å². The Labute approximate surface area is 95.7 Å². The van der Waals surface area contributed by atoms with E-state index >= 15 is 0 Å². The molecule has 0 aromatic carbocycles. The molecule has 0 radical (unpaired) electrons. The number of hydrogen-bond donors (Lipinski definition) is 0. The highest BCUT2D eigenvalue weighted by Crippen LogP contribution is 2.29. The van der Waals surface area contributed by atoms with E-state index in [1.165, 1.54) is 0 Å². The van der Waals surface area contributed by atoms with Gasteiger partial charge in [0.2, 0.25) is 0 Å². The van der Waals surface area contributed by atoms with Crippen LogP contribution in [0.4, 0.5) is 0 Å². The summed E-state index contributed by atoms with van der Waals surface area (Å²) in [6.45, 7) is 8.20. The van der Waals surface area contributed by atoms with Gasteiger partial charge in [-0.25, -0.2) is 0 Å². The fourth-order valence-electron chi connectivity index (χ4n) is 1.32. The van der Waals surface area contributed by atoms with E-state index in [0.717, 1.165) is 28.3 Å². The fraction of sp³-hybridized carbons (Fsp3) is 0.500. The predicted molar refractivity (Wildman–Crippen MR) is 64.0 cm³/mol. The van der Waals surface area contributed by atoms with E-state index in [1.807, 2.05) is 19.9 Å². The summed E-state index contributed by atoms with van der Waals surface area (Å²) in [6.07, 6.45) is 1.11. The van der Waals surface area contributed by atoms with Gasteiger partial charge in [0.15, 0.2) is 0 Å². The molecule has 1 aromatic heterocycles.